The summed E-state index contributed by atoms with van der Waals surface area (Å²) in [5.41, 5.74) is 0.497. The number of hydrogen-bond donors (Lipinski definition) is 3. The van der Waals surface area contributed by atoms with E-state index in [0.29, 0.717) is 21.7 Å². The van der Waals surface area contributed by atoms with Gasteiger partial charge < -0.3 is 4.98 Å². The van der Waals surface area contributed by atoms with Gasteiger partial charge in [0, 0.05) is 12.4 Å². The molecule has 2 aromatic rings. The van der Waals surface area contributed by atoms with E-state index in [1.54, 1.807) is 24.4 Å². The van der Waals surface area contributed by atoms with Crippen molar-refractivity contribution in [3.63, 3.8) is 0 Å². The molecule has 0 aliphatic heterocycles. The smallest absolute Gasteiger partial charge is 0.331 e. The van der Waals surface area contributed by atoms with E-state index in [1.807, 2.05) is 0 Å². The second-order valence-electron chi connectivity index (χ2n) is 3.28. The molecule has 1 heterocycles. The van der Waals surface area contributed by atoms with Crippen LogP contribution in [0, 0.1) is 0 Å². The number of nitrogens with zero attached hydrogens (tertiary/aromatic N) is 2. The van der Waals surface area contributed by atoms with E-state index in [2.05, 4.69) is 28.1 Å². The maximum atomic E-state index is 11.8. The zero-order valence-corrected chi connectivity index (χ0v) is 11.3. The Labute approximate surface area is 119 Å². The minimum absolute atomic E-state index is 0.333. The molecule has 0 saturated carbocycles. The molecular weight excluding hydrogens is 295 g/mol. The maximum absolute atomic E-state index is 11.8. The van der Waals surface area contributed by atoms with Gasteiger partial charge in [-0.15, -0.1) is 0 Å². The van der Waals surface area contributed by atoms with Crippen molar-refractivity contribution in [2.24, 2.45) is 0 Å². The van der Waals surface area contributed by atoms with Crippen LogP contribution in [-0.4, -0.2) is 16.0 Å². The van der Waals surface area contributed by atoms with Gasteiger partial charge in [-0.2, -0.15) is 0 Å². The van der Waals surface area contributed by atoms with Crippen LogP contribution < -0.4 is 9.62 Å². The third kappa shape index (κ3) is 2.90. The Bertz CT molecular complexity index is 561. The van der Waals surface area contributed by atoms with Crippen molar-refractivity contribution in [2.75, 3.05) is 9.62 Å². The minimum atomic E-state index is -0.466. The van der Waals surface area contributed by atoms with Crippen molar-refractivity contribution < 1.29 is 4.79 Å². The third-order valence-corrected chi connectivity index (χ3v) is 3.22. The van der Waals surface area contributed by atoms with E-state index >= 15 is 0 Å². The predicted octanol–water partition coefficient (Wildman–Crippen LogP) is 3.60. The average Bonchev–Trinajstić information content (AvgIpc) is 2.84. The van der Waals surface area contributed by atoms with Crippen LogP contribution in [0.15, 0.2) is 30.6 Å². The van der Waals surface area contributed by atoms with Crippen LogP contribution in [0.5, 0.6) is 0 Å². The number of thiol groups is 1. The summed E-state index contributed by atoms with van der Waals surface area (Å²) in [6.07, 6.45) is 3.12. The number of aromatic amines is 1. The second kappa shape index (κ2) is 5.51. The highest BCUT2D eigenvalue weighted by molar-refractivity contribution is 7.82. The lowest BCUT2D eigenvalue weighted by Gasteiger charge is -2.16. The number of benzene rings is 1. The van der Waals surface area contributed by atoms with Crippen molar-refractivity contribution in [2.45, 2.75) is 0 Å². The van der Waals surface area contributed by atoms with Crippen molar-refractivity contribution in [3.05, 3.63) is 40.6 Å². The molecule has 0 saturated heterocycles. The fourth-order valence-electron chi connectivity index (χ4n) is 1.22. The van der Waals surface area contributed by atoms with E-state index in [1.165, 1.54) is 6.20 Å². The Morgan fingerprint density at radius 2 is 2.17 bits per heavy atom. The molecule has 1 aromatic heterocycles. The molecule has 0 radical (unpaired) electrons. The van der Waals surface area contributed by atoms with E-state index in [4.69, 9.17) is 23.2 Å². The number of H-pyrrole nitrogens is 1. The van der Waals surface area contributed by atoms with Gasteiger partial charge in [-0.05, 0) is 18.2 Å². The number of aromatic nitrogens is 2. The molecule has 0 fully saturated rings. The van der Waals surface area contributed by atoms with Crippen LogP contribution >= 0.6 is 36.0 Å². The first-order chi connectivity index (χ1) is 8.58. The topological polar surface area (TPSA) is 61.0 Å². The SMILES string of the molecule is O=C(Nc1ncc[nH]1)N(S)c1ccc(Cl)c(Cl)c1. The van der Waals surface area contributed by atoms with E-state index in [0.717, 1.165) is 4.31 Å². The first kappa shape index (κ1) is 13.1. The number of nitrogens with one attached hydrogen (secondary N) is 2. The molecule has 0 bridgehead atoms. The summed E-state index contributed by atoms with van der Waals surface area (Å²) in [7, 11) is 0. The van der Waals surface area contributed by atoms with Crippen LogP contribution in [0.2, 0.25) is 10.0 Å². The molecule has 8 heteroatoms. The lowest BCUT2D eigenvalue weighted by atomic mass is 10.3. The van der Waals surface area contributed by atoms with Gasteiger partial charge in [-0.1, -0.05) is 36.0 Å². The average molecular weight is 303 g/mol. The Morgan fingerprint density at radius 1 is 1.39 bits per heavy atom. The Kier molecular flexibility index (Phi) is 4.00. The molecule has 5 nitrogen and oxygen atoms in total. The van der Waals surface area contributed by atoms with Crippen LogP contribution in [-0.2, 0) is 0 Å². The van der Waals surface area contributed by atoms with Crippen LogP contribution in [0.3, 0.4) is 0 Å². The van der Waals surface area contributed by atoms with Crippen LogP contribution in [0.1, 0.15) is 0 Å². The van der Waals surface area contributed by atoms with Gasteiger partial charge in [-0.25, -0.2) is 14.1 Å². The number of amides is 2. The number of hydrogen-bond acceptors (Lipinski definition) is 3. The molecule has 2 amide bonds. The van der Waals surface area contributed by atoms with Gasteiger partial charge >= 0.3 is 6.03 Å². The van der Waals surface area contributed by atoms with Crippen molar-refractivity contribution in [1.29, 1.82) is 0 Å². The lowest BCUT2D eigenvalue weighted by molar-refractivity contribution is 0.260. The summed E-state index contributed by atoms with van der Waals surface area (Å²) in [6.45, 7) is 0. The molecule has 0 atom stereocenters. The number of imidazole rings is 1. The highest BCUT2D eigenvalue weighted by atomic mass is 35.5. The maximum Gasteiger partial charge on any atom is 0.338 e. The van der Waals surface area contributed by atoms with Gasteiger partial charge in [0.25, 0.3) is 0 Å². The second-order valence-corrected chi connectivity index (χ2v) is 4.49. The normalized spacial score (nSPS) is 10.2. The molecule has 0 unspecified atom stereocenters. The highest BCUT2D eigenvalue weighted by Crippen LogP contribution is 2.28. The Balaban J connectivity index is 2.12. The first-order valence-corrected chi connectivity index (χ1v) is 5.98. The fourth-order valence-corrected chi connectivity index (χ4v) is 1.69. The highest BCUT2D eigenvalue weighted by Gasteiger charge is 2.14. The number of urea groups is 1. The van der Waals surface area contributed by atoms with E-state index < -0.39 is 6.03 Å². The zero-order valence-electron chi connectivity index (χ0n) is 8.89. The molecule has 0 spiro atoms. The molecule has 2 rings (SSSR count). The third-order valence-electron chi connectivity index (χ3n) is 2.06. The lowest BCUT2D eigenvalue weighted by Crippen LogP contribution is -2.27. The number of rotatable bonds is 2. The standard InChI is InChI=1S/C10H8Cl2N4OS/c11-7-2-1-6(5-8(7)12)16(18)10(17)15-9-13-3-4-14-9/h1-5,18H,(H2,13,14,15,17). The summed E-state index contributed by atoms with van der Waals surface area (Å²) in [5.74, 6) is 0.333. The van der Waals surface area contributed by atoms with Gasteiger partial charge in [-0.3, -0.25) is 5.32 Å². The summed E-state index contributed by atoms with van der Waals surface area (Å²) < 4.78 is 1.10. The molecule has 0 aliphatic carbocycles. The first-order valence-electron chi connectivity index (χ1n) is 4.82. The van der Waals surface area contributed by atoms with Gasteiger partial charge in [0.1, 0.15) is 0 Å². The molecule has 18 heavy (non-hydrogen) atoms. The number of carbonyl (C=O) groups excluding carboxylic acids is 1. The molecule has 1 aromatic carbocycles. The van der Waals surface area contributed by atoms with Gasteiger partial charge in [0.05, 0.1) is 15.7 Å². The van der Waals surface area contributed by atoms with Crippen molar-refractivity contribution >= 4 is 53.7 Å². The van der Waals surface area contributed by atoms with Crippen LogP contribution in [0.4, 0.5) is 16.4 Å². The molecule has 94 valence electrons. The fraction of sp³-hybridized carbons (Fsp3) is 0. The zero-order chi connectivity index (χ0) is 13.1. The molecule has 0 aliphatic rings. The Hall–Kier alpha value is -1.37. The molecule has 2 N–H and O–H groups in total. The van der Waals surface area contributed by atoms with E-state index in [9.17, 15) is 4.79 Å². The number of anilines is 2. The monoisotopic (exact) mass is 302 g/mol. The van der Waals surface area contributed by atoms with Crippen molar-refractivity contribution in [1.82, 2.24) is 9.97 Å². The summed E-state index contributed by atoms with van der Waals surface area (Å²) in [6, 6.07) is 4.29. The number of halogens is 2. The summed E-state index contributed by atoms with van der Waals surface area (Å²) in [4.78, 5) is 18.4. The summed E-state index contributed by atoms with van der Waals surface area (Å²) in [5, 5.41) is 3.28. The number of carbonyl (C=O) groups is 1. The molecular formula is C10H8Cl2N4OS. The minimum Gasteiger partial charge on any atom is -0.331 e. The van der Waals surface area contributed by atoms with Gasteiger partial charge in [0.2, 0.25) is 5.95 Å². The van der Waals surface area contributed by atoms with Crippen LogP contribution in [0.25, 0.3) is 0 Å². The Morgan fingerprint density at radius 3 is 2.78 bits per heavy atom. The summed E-state index contributed by atoms with van der Waals surface area (Å²) >= 11 is 15.7. The largest absolute Gasteiger partial charge is 0.338 e. The van der Waals surface area contributed by atoms with Gasteiger partial charge in [0.15, 0.2) is 0 Å². The predicted molar refractivity (Wildman–Crippen MR) is 75.5 cm³/mol. The van der Waals surface area contributed by atoms with Crippen molar-refractivity contribution in [3.8, 4) is 0 Å². The van der Waals surface area contributed by atoms with E-state index in [-0.39, 0.29) is 0 Å². The quantitative estimate of drug-likeness (QED) is 0.742.